The van der Waals surface area contributed by atoms with Crippen LogP contribution in [0.3, 0.4) is 0 Å². The Balaban J connectivity index is 2.63. The van der Waals surface area contributed by atoms with Crippen molar-refractivity contribution in [3.63, 3.8) is 0 Å². The zero-order valence-corrected chi connectivity index (χ0v) is 9.26. The Morgan fingerprint density at radius 3 is 2.40 bits per heavy atom. The van der Waals surface area contributed by atoms with E-state index in [2.05, 4.69) is 4.98 Å². The molecular weight excluding hydrogens is 231 g/mol. The Morgan fingerprint density at radius 1 is 1.07 bits per heavy atom. The number of nitrogens with two attached hydrogens (primary N) is 1. The van der Waals surface area contributed by atoms with Crippen LogP contribution in [0.2, 0.25) is 10.0 Å². The highest BCUT2D eigenvalue weighted by Crippen LogP contribution is 2.35. The molecule has 1 aromatic carbocycles. The predicted molar refractivity (Wildman–Crippen MR) is 64.1 cm³/mol. The molecule has 76 valence electrons. The van der Waals surface area contributed by atoms with Gasteiger partial charge in [-0.3, -0.25) is 4.98 Å². The van der Waals surface area contributed by atoms with Gasteiger partial charge in [0.25, 0.3) is 0 Å². The Kier molecular flexibility index (Phi) is 2.80. The van der Waals surface area contributed by atoms with Crippen molar-refractivity contribution < 1.29 is 0 Å². The quantitative estimate of drug-likeness (QED) is 0.771. The maximum atomic E-state index is 6.09. The smallest absolute Gasteiger partial charge is 0.0672 e. The number of halogens is 2. The van der Waals surface area contributed by atoms with Crippen molar-refractivity contribution in [2.75, 3.05) is 5.73 Å². The summed E-state index contributed by atoms with van der Waals surface area (Å²) in [4.78, 5) is 3.94. The van der Waals surface area contributed by atoms with Gasteiger partial charge in [0.1, 0.15) is 0 Å². The van der Waals surface area contributed by atoms with Gasteiger partial charge >= 0.3 is 0 Å². The second-order valence-electron chi connectivity index (χ2n) is 3.10. The van der Waals surface area contributed by atoms with Crippen LogP contribution in [0.5, 0.6) is 0 Å². The van der Waals surface area contributed by atoms with Crippen LogP contribution in [0.1, 0.15) is 0 Å². The number of nitrogens with zero attached hydrogens (tertiary/aromatic N) is 1. The summed E-state index contributed by atoms with van der Waals surface area (Å²) < 4.78 is 0. The van der Waals surface area contributed by atoms with Crippen LogP contribution in [0, 0.1) is 0 Å². The number of benzene rings is 1. The largest absolute Gasteiger partial charge is 0.399 e. The average Bonchev–Trinajstić information content (AvgIpc) is 2.24. The molecule has 0 radical (unpaired) electrons. The molecule has 1 aromatic heterocycles. The molecule has 0 aliphatic heterocycles. The molecular formula is C11H8Cl2N2. The third-order valence-corrected chi connectivity index (χ3v) is 2.84. The minimum Gasteiger partial charge on any atom is -0.399 e. The summed E-state index contributed by atoms with van der Waals surface area (Å²) >= 11 is 12.0. The fraction of sp³-hybridized carbons (Fsp3) is 0. The molecule has 2 aromatic rings. The molecule has 0 saturated heterocycles. The van der Waals surface area contributed by atoms with E-state index in [4.69, 9.17) is 28.9 Å². The molecule has 2 rings (SSSR count). The van der Waals surface area contributed by atoms with Crippen LogP contribution in [0.4, 0.5) is 5.69 Å². The number of rotatable bonds is 1. The van der Waals surface area contributed by atoms with Crippen LogP contribution in [-0.4, -0.2) is 4.98 Å². The van der Waals surface area contributed by atoms with E-state index in [1.807, 2.05) is 12.1 Å². The summed E-state index contributed by atoms with van der Waals surface area (Å²) in [5.41, 5.74) is 8.07. The van der Waals surface area contributed by atoms with Gasteiger partial charge in [-0.05, 0) is 29.8 Å². The van der Waals surface area contributed by atoms with Crippen molar-refractivity contribution in [3.8, 4) is 11.1 Å². The van der Waals surface area contributed by atoms with Gasteiger partial charge < -0.3 is 5.73 Å². The Hall–Kier alpha value is -1.25. The van der Waals surface area contributed by atoms with Crippen molar-refractivity contribution >= 4 is 28.9 Å². The number of nitrogen functional groups attached to an aromatic ring is 1. The van der Waals surface area contributed by atoms with Crippen molar-refractivity contribution in [1.29, 1.82) is 0 Å². The first kappa shape index (κ1) is 10.3. The van der Waals surface area contributed by atoms with E-state index in [9.17, 15) is 0 Å². The molecule has 1 heterocycles. The summed E-state index contributed by atoms with van der Waals surface area (Å²) in [6.45, 7) is 0. The summed E-state index contributed by atoms with van der Waals surface area (Å²) in [5, 5.41) is 0.973. The molecule has 0 fully saturated rings. The standard InChI is InChI=1S/C11H8Cl2N2/c12-10-6-8(14)5-9(11(10)13)7-1-3-15-4-2-7/h1-6H,14H2. The van der Waals surface area contributed by atoms with Crippen LogP contribution in [0.15, 0.2) is 36.7 Å². The highest BCUT2D eigenvalue weighted by molar-refractivity contribution is 6.44. The molecule has 0 aliphatic carbocycles. The van der Waals surface area contributed by atoms with Gasteiger partial charge in [-0.25, -0.2) is 0 Å². The molecule has 0 atom stereocenters. The van der Waals surface area contributed by atoms with E-state index in [0.29, 0.717) is 15.7 Å². The van der Waals surface area contributed by atoms with E-state index >= 15 is 0 Å². The average molecular weight is 239 g/mol. The monoisotopic (exact) mass is 238 g/mol. The number of pyridine rings is 1. The number of hydrogen-bond acceptors (Lipinski definition) is 2. The minimum absolute atomic E-state index is 0.462. The lowest BCUT2D eigenvalue weighted by atomic mass is 10.1. The topological polar surface area (TPSA) is 38.9 Å². The Labute approximate surface area is 97.7 Å². The first-order chi connectivity index (χ1) is 7.18. The van der Waals surface area contributed by atoms with Gasteiger partial charge in [0.15, 0.2) is 0 Å². The van der Waals surface area contributed by atoms with Crippen LogP contribution in [0.25, 0.3) is 11.1 Å². The lowest BCUT2D eigenvalue weighted by Crippen LogP contribution is -1.88. The van der Waals surface area contributed by atoms with Gasteiger partial charge in [0, 0.05) is 23.6 Å². The summed E-state index contributed by atoms with van der Waals surface area (Å²) in [6.07, 6.45) is 3.39. The van der Waals surface area contributed by atoms with Gasteiger partial charge in [0.05, 0.1) is 10.0 Å². The predicted octanol–water partition coefficient (Wildman–Crippen LogP) is 3.64. The maximum absolute atomic E-state index is 6.09. The second kappa shape index (κ2) is 4.09. The number of hydrogen-bond donors (Lipinski definition) is 1. The molecule has 0 bridgehead atoms. The molecule has 0 unspecified atom stereocenters. The van der Waals surface area contributed by atoms with Crippen LogP contribution in [-0.2, 0) is 0 Å². The molecule has 4 heteroatoms. The minimum atomic E-state index is 0.462. The molecule has 0 spiro atoms. The van der Waals surface area contributed by atoms with Crippen molar-refractivity contribution in [3.05, 3.63) is 46.7 Å². The maximum Gasteiger partial charge on any atom is 0.0672 e. The van der Waals surface area contributed by atoms with E-state index in [1.54, 1.807) is 24.5 Å². The van der Waals surface area contributed by atoms with Crippen molar-refractivity contribution in [2.45, 2.75) is 0 Å². The highest BCUT2D eigenvalue weighted by atomic mass is 35.5. The van der Waals surface area contributed by atoms with Gasteiger partial charge in [-0.1, -0.05) is 23.2 Å². The summed E-state index contributed by atoms with van der Waals surface area (Å²) in [6, 6.07) is 7.14. The Bertz CT molecular complexity index is 483. The van der Waals surface area contributed by atoms with Crippen LogP contribution < -0.4 is 5.73 Å². The summed E-state index contributed by atoms with van der Waals surface area (Å²) in [7, 11) is 0. The zero-order chi connectivity index (χ0) is 10.8. The lowest BCUT2D eigenvalue weighted by molar-refractivity contribution is 1.33. The normalized spacial score (nSPS) is 10.3. The Morgan fingerprint density at radius 2 is 1.73 bits per heavy atom. The lowest BCUT2D eigenvalue weighted by Gasteiger charge is -2.07. The van der Waals surface area contributed by atoms with Crippen molar-refractivity contribution in [1.82, 2.24) is 4.98 Å². The molecule has 2 nitrogen and oxygen atoms in total. The van der Waals surface area contributed by atoms with E-state index in [-0.39, 0.29) is 0 Å². The third-order valence-electron chi connectivity index (χ3n) is 2.04. The molecule has 0 aliphatic rings. The number of aromatic nitrogens is 1. The van der Waals surface area contributed by atoms with E-state index < -0.39 is 0 Å². The highest BCUT2D eigenvalue weighted by Gasteiger charge is 2.08. The van der Waals surface area contributed by atoms with Gasteiger partial charge in [-0.2, -0.15) is 0 Å². The fourth-order valence-electron chi connectivity index (χ4n) is 1.35. The first-order valence-electron chi connectivity index (χ1n) is 4.33. The van der Waals surface area contributed by atoms with E-state index in [1.165, 1.54) is 0 Å². The van der Waals surface area contributed by atoms with Crippen molar-refractivity contribution in [2.24, 2.45) is 0 Å². The zero-order valence-electron chi connectivity index (χ0n) is 7.74. The van der Waals surface area contributed by atoms with Crippen LogP contribution >= 0.6 is 23.2 Å². The molecule has 2 N–H and O–H groups in total. The molecule has 0 amide bonds. The van der Waals surface area contributed by atoms with Gasteiger partial charge in [-0.15, -0.1) is 0 Å². The summed E-state index contributed by atoms with van der Waals surface area (Å²) in [5.74, 6) is 0. The fourth-order valence-corrected chi connectivity index (χ4v) is 1.80. The SMILES string of the molecule is Nc1cc(Cl)c(Cl)c(-c2ccncc2)c1. The first-order valence-corrected chi connectivity index (χ1v) is 5.09. The molecule has 0 saturated carbocycles. The number of anilines is 1. The second-order valence-corrected chi connectivity index (χ2v) is 3.89. The van der Waals surface area contributed by atoms with Gasteiger partial charge in [0.2, 0.25) is 0 Å². The van der Waals surface area contributed by atoms with E-state index in [0.717, 1.165) is 11.1 Å². The molecule has 15 heavy (non-hydrogen) atoms. The third kappa shape index (κ3) is 2.06.